The molecule has 3 aromatic rings. The van der Waals surface area contributed by atoms with Gasteiger partial charge in [-0.2, -0.15) is 5.10 Å². The van der Waals surface area contributed by atoms with E-state index in [0.29, 0.717) is 19.5 Å². The normalized spacial score (nSPS) is 13.9. The Morgan fingerprint density at radius 2 is 1.85 bits per heavy atom. The smallest absolute Gasteiger partial charge is 0.227 e. The third-order valence-corrected chi connectivity index (χ3v) is 5.24. The maximum Gasteiger partial charge on any atom is 0.227 e. The quantitative estimate of drug-likeness (QED) is 0.771. The zero-order chi connectivity index (χ0) is 18.8. The van der Waals surface area contributed by atoms with Crippen molar-refractivity contribution >= 4 is 5.91 Å². The monoisotopic (exact) mass is 363 g/mol. The fourth-order valence-electron chi connectivity index (χ4n) is 3.68. The van der Waals surface area contributed by atoms with E-state index in [-0.39, 0.29) is 11.7 Å². The summed E-state index contributed by atoms with van der Waals surface area (Å²) in [5, 5.41) is 7.73. The van der Waals surface area contributed by atoms with Gasteiger partial charge >= 0.3 is 0 Å². The number of benzene rings is 2. The number of fused-ring (bicyclic) bond motifs is 1. The Morgan fingerprint density at radius 1 is 1.11 bits per heavy atom. The van der Waals surface area contributed by atoms with E-state index in [2.05, 4.69) is 29.3 Å². The summed E-state index contributed by atoms with van der Waals surface area (Å²) in [7, 11) is 0. The number of H-pyrrole nitrogens is 1. The molecule has 0 saturated heterocycles. The van der Waals surface area contributed by atoms with Gasteiger partial charge in [-0.15, -0.1) is 0 Å². The Morgan fingerprint density at radius 3 is 2.63 bits per heavy atom. The topological polar surface area (TPSA) is 49.0 Å². The summed E-state index contributed by atoms with van der Waals surface area (Å²) in [6.07, 6.45) is 1.85. The maximum absolute atomic E-state index is 13.0. The van der Waals surface area contributed by atoms with E-state index in [9.17, 15) is 9.18 Å². The molecule has 0 atom stereocenters. The third-order valence-electron chi connectivity index (χ3n) is 5.24. The van der Waals surface area contributed by atoms with E-state index < -0.39 is 0 Å². The van der Waals surface area contributed by atoms with Crippen molar-refractivity contribution in [3.8, 4) is 11.3 Å². The van der Waals surface area contributed by atoms with E-state index in [4.69, 9.17) is 0 Å². The van der Waals surface area contributed by atoms with Gasteiger partial charge in [0.05, 0.1) is 12.1 Å². The number of aryl methyl sites for hydroxylation is 1. The number of hydrogen-bond donors (Lipinski definition) is 1. The molecule has 2 heterocycles. The van der Waals surface area contributed by atoms with Crippen LogP contribution < -0.4 is 0 Å². The molecule has 4 nitrogen and oxygen atoms in total. The van der Waals surface area contributed by atoms with Crippen LogP contribution in [0.4, 0.5) is 4.39 Å². The molecular formula is C22H22FN3O. The number of nitrogens with zero attached hydrogens (tertiary/aromatic N) is 2. The van der Waals surface area contributed by atoms with Crippen molar-refractivity contribution in [1.29, 1.82) is 0 Å². The number of hydrogen-bond acceptors (Lipinski definition) is 2. The van der Waals surface area contributed by atoms with Crippen LogP contribution in [-0.2, 0) is 24.1 Å². The molecule has 2 aromatic carbocycles. The highest BCUT2D eigenvalue weighted by Crippen LogP contribution is 2.29. The molecule has 1 N–H and O–H groups in total. The standard InChI is InChI=1S/C22H22FN3O/c1-15-4-2-3-5-18(15)22-19-10-12-26(13-11-20(19)24-25-22)21(27)14-16-6-8-17(23)9-7-16/h2-9H,10-14H2,1H3,(H,24,25). The van der Waals surface area contributed by atoms with Gasteiger partial charge in [0.15, 0.2) is 0 Å². The van der Waals surface area contributed by atoms with Gasteiger partial charge < -0.3 is 4.90 Å². The predicted molar refractivity (Wildman–Crippen MR) is 103 cm³/mol. The van der Waals surface area contributed by atoms with Crippen LogP contribution in [0.25, 0.3) is 11.3 Å². The predicted octanol–water partition coefficient (Wildman–Crippen LogP) is 3.69. The van der Waals surface area contributed by atoms with Crippen molar-refractivity contribution in [2.75, 3.05) is 13.1 Å². The molecule has 0 saturated carbocycles. The summed E-state index contributed by atoms with van der Waals surface area (Å²) in [5.41, 5.74) is 6.50. The number of halogens is 1. The van der Waals surface area contributed by atoms with Gasteiger partial charge in [0.25, 0.3) is 0 Å². The minimum atomic E-state index is -0.282. The Kier molecular flexibility index (Phi) is 4.75. The second kappa shape index (κ2) is 7.35. The van der Waals surface area contributed by atoms with Gasteiger partial charge in [-0.05, 0) is 36.6 Å². The second-order valence-electron chi connectivity index (χ2n) is 7.03. The van der Waals surface area contributed by atoms with Crippen LogP contribution in [-0.4, -0.2) is 34.1 Å². The van der Waals surface area contributed by atoms with Gasteiger partial charge in [0.1, 0.15) is 5.82 Å². The lowest BCUT2D eigenvalue weighted by Crippen LogP contribution is -2.34. The molecule has 138 valence electrons. The Bertz CT molecular complexity index is 962. The molecule has 27 heavy (non-hydrogen) atoms. The lowest BCUT2D eigenvalue weighted by molar-refractivity contribution is -0.130. The number of carbonyl (C=O) groups excluding carboxylic acids is 1. The molecule has 4 rings (SSSR count). The minimum Gasteiger partial charge on any atom is -0.342 e. The average Bonchev–Trinajstić information content (AvgIpc) is 2.94. The van der Waals surface area contributed by atoms with E-state index >= 15 is 0 Å². The van der Waals surface area contributed by atoms with Crippen molar-refractivity contribution in [2.45, 2.75) is 26.2 Å². The van der Waals surface area contributed by atoms with Gasteiger partial charge in [-0.25, -0.2) is 4.39 Å². The highest BCUT2D eigenvalue weighted by molar-refractivity contribution is 5.79. The first-order valence-corrected chi connectivity index (χ1v) is 9.26. The molecule has 1 aliphatic heterocycles. The third kappa shape index (κ3) is 3.63. The molecule has 5 heteroatoms. The summed E-state index contributed by atoms with van der Waals surface area (Å²) in [6.45, 7) is 3.43. The Hall–Kier alpha value is -2.95. The van der Waals surface area contributed by atoms with Gasteiger partial charge in [-0.1, -0.05) is 36.4 Å². The SMILES string of the molecule is Cc1ccccc1-c1n[nH]c2c1CCN(C(=O)Cc1ccc(F)cc1)CC2. The highest BCUT2D eigenvalue weighted by Gasteiger charge is 2.23. The molecule has 0 aliphatic carbocycles. The van der Waals surface area contributed by atoms with Crippen molar-refractivity contribution in [3.63, 3.8) is 0 Å². The largest absolute Gasteiger partial charge is 0.342 e. The lowest BCUT2D eigenvalue weighted by Gasteiger charge is -2.20. The number of nitrogens with one attached hydrogen (secondary N) is 1. The van der Waals surface area contributed by atoms with Crippen molar-refractivity contribution in [2.24, 2.45) is 0 Å². The van der Waals surface area contributed by atoms with E-state index in [1.54, 1.807) is 12.1 Å². The van der Waals surface area contributed by atoms with Crippen LogP contribution in [0, 0.1) is 12.7 Å². The lowest BCUT2D eigenvalue weighted by atomic mass is 9.99. The van der Waals surface area contributed by atoms with Gasteiger partial charge in [-0.3, -0.25) is 9.89 Å². The molecule has 0 unspecified atom stereocenters. The molecule has 1 aromatic heterocycles. The number of amides is 1. The first-order chi connectivity index (χ1) is 13.1. The van der Waals surface area contributed by atoms with E-state index in [0.717, 1.165) is 35.4 Å². The number of aromatic nitrogens is 2. The zero-order valence-corrected chi connectivity index (χ0v) is 15.3. The summed E-state index contributed by atoms with van der Waals surface area (Å²) in [6, 6.07) is 14.4. The van der Waals surface area contributed by atoms with E-state index in [1.807, 2.05) is 17.0 Å². The van der Waals surface area contributed by atoms with Crippen molar-refractivity contribution in [1.82, 2.24) is 15.1 Å². The number of rotatable bonds is 3. The van der Waals surface area contributed by atoms with Crippen molar-refractivity contribution in [3.05, 3.63) is 76.7 Å². The molecule has 0 spiro atoms. The van der Waals surface area contributed by atoms with Crippen LogP contribution in [0.5, 0.6) is 0 Å². The van der Waals surface area contributed by atoms with Crippen LogP contribution in [0.3, 0.4) is 0 Å². The van der Waals surface area contributed by atoms with Crippen molar-refractivity contribution < 1.29 is 9.18 Å². The minimum absolute atomic E-state index is 0.0807. The van der Waals surface area contributed by atoms with Crippen LogP contribution >= 0.6 is 0 Å². The summed E-state index contributed by atoms with van der Waals surface area (Å²) in [5.74, 6) is -0.201. The summed E-state index contributed by atoms with van der Waals surface area (Å²) < 4.78 is 13.0. The Labute approximate surface area is 158 Å². The molecular weight excluding hydrogens is 341 g/mol. The molecule has 0 radical (unpaired) electrons. The van der Waals surface area contributed by atoms with Crippen LogP contribution in [0.1, 0.15) is 22.4 Å². The maximum atomic E-state index is 13.0. The van der Waals surface area contributed by atoms with Gasteiger partial charge in [0, 0.05) is 36.3 Å². The molecule has 1 amide bonds. The molecule has 0 bridgehead atoms. The molecule has 0 fully saturated rings. The summed E-state index contributed by atoms with van der Waals surface area (Å²) in [4.78, 5) is 14.6. The van der Waals surface area contributed by atoms with Gasteiger partial charge in [0.2, 0.25) is 5.91 Å². The van der Waals surface area contributed by atoms with E-state index in [1.165, 1.54) is 23.3 Å². The Balaban J connectivity index is 1.50. The fraction of sp³-hybridized carbons (Fsp3) is 0.273. The van der Waals surface area contributed by atoms with Crippen LogP contribution in [0.2, 0.25) is 0 Å². The fourth-order valence-corrected chi connectivity index (χ4v) is 3.68. The van der Waals surface area contributed by atoms with Crippen LogP contribution in [0.15, 0.2) is 48.5 Å². The second-order valence-corrected chi connectivity index (χ2v) is 7.03. The number of carbonyl (C=O) groups is 1. The highest BCUT2D eigenvalue weighted by atomic mass is 19.1. The number of aromatic amines is 1. The summed E-state index contributed by atoms with van der Waals surface area (Å²) >= 11 is 0. The first kappa shape index (κ1) is 17.5. The molecule has 1 aliphatic rings. The average molecular weight is 363 g/mol. The zero-order valence-electron chi connectivity index (χ0n) is 15.3. The first-order valence-electron chi connectivity index (χ1n) is 9.26.